The molecule has 94 valence electrons. The van der Waals surface area contributed by atoms with Gasteiger partial charge in [-0.2, -0.15) is 0 Å². The lowest BCUT2D eigenvalue weighted by molar-refractivity contribution is -0.137. The Labute approximate surface area is 97.2 Å². The molecule has 1 unspecified atom stereocenters. The maximum Gasteiger partial charge on any atom is 0.240 e. The van der Waals surface area contributed by atoms with Crippen molar-refractivity contribution >= 4 is 11.8 Å². The number of carbonyl (C=O) groups excluding carboxylic acids is 2. The molecule has 0 aliphatic carbocycles. The Morgan fingerprint density at radius 2 is 1.69 bits per heavy atom. The Morgan fingerprint density at radius 1 is 1.19 bits per heavy atom. The van der Waals surface area contributed by atoms with Gasteiger partial charge in [0.05, 0.1) is 12.6 Å². The first-order chi connectivity index (χ1) is 7.25. The van der Waals surface area contributed by atoms with E-state index in [4.69, 9.17) is 11.5 Å². The van der Waals surface area contributed by atoms with E-state index in [1.165, 1.54) is 4.90 Å². The van der Waals surface area contributed by atoms with Crippen molar-refractivity contribution in [3.63, 3.8) is 0 Å². The van der Waals surface area contributed by atoms with Gasteiger partial charge in [-0.25, -0.2) is 0 Å². The summed E-state index contributed by atoms with van der Waals surface area (Å²) in [6.07, 6.45) is 0. The SMILES string of the molecule is CC(C)CN(CC(N)=O)C(=O)C(N)C(C)C. The third-order valence-corrected chi connectivity index (χ3v) is 2.25. The second-order valence-corrected chi connectivity index (χ2v) is 4.85. The number of hydrogen-bond acceptors (Lipinski definition) is 3. The van der Waals surface area contributed by atoms with Gasteiger partial charge in [0.2, 0.25) is 11.8 Å². The van der Waals surface area contributed by atoms with Gasteiger partial charge in [-0.05, 0) is 11.8 Å². The van der Waals surface area contributed by atoms with E-state index in [-0.39, 0.29) is 24.3 Å². The van der Waals surface area contributed by atoms with Crippen molar-refractivity contribution in [2.75, 3.05) is 13.1 Å². The van der Waals surface area contributed by atoms with Gasteiger partial charge in [-0.1, -0.05) is 27.7 Å². The summed E-state index contributed by atoms with van der Waals surface area (Å²) in [5.41, 5.74) is 10.9. The average Bonchev–Trinajstić information content (AvgIpc) is 2.12. The Hall–Kier alpha value is -1.10. The van der Waals surface area contributed by atoms with Gasteiger partial charge in [0.1, 0.15) is 0 Å². The molecule has 0 saturated heterocycles. The number of nitrogens with zero attached hydrogens (tertiary/aromatic N) is 1. The zero-order valence-electron chi connectivity index (χ0n) is 10.6. The highest BCUT2D eigenvalue weighted by atomic mass is 16.2. The first-order valence-corrected chi connectivity index (χ1v) is 5.58. The fraction of sp³-hybridized carbons (Fsp3) is 0.818. The first-order valence-electron chi connectivity index (χ1n) is 5.58. The molecule has 0 bridgehead atoms. The van der Waals surface area contributed by atoms with Gasteiger partial charge < -0.3 is 16.4 Å². The highest BCUT2D eigenvalue weighted by Gasteiger charge is 2.24. The van der Waals surface area contributed by atoms with E-state index in [2.05, 4.69) is 0 Å². The highest BCUT2D eigenvalue weighted by Crippen LogP contribution is 2.06. The molecule has 2 amide bonds. The van der Waals surface area contributed by atoms with Crippen LogP contribution < -0.4 is 11.5 Å². The summed E-state index contributed by atoms with van der Waals surface area (Å²) in [5.74, 6) is -0.384. The third-order valence-electron chi connectivity index (χ3n) is 2.25. The van der Waals surface area contributed by atoms with E-state index < -0.39 is 11.9 Å². The predicted octanol–water partition coefficient (Wildman–Crippen LogP) is -0.0604. The molecule has 0 radical (unpaired) electrons. The monoisotopic (exact) mass is 229 g/mol. The van der Waals surface area contributed by atoms with Crippen LogP contribution >= 0.6 is 0 Å². The molecule has 1 atom stereocenters. The lowest BCUT2D eigenvalue weighted by Crippen LogP contribution is -2.50. The molecular formula is C11H23N3O2. The van der Waals surface area contributed by atoms with Crippen molar-refractivity contribution in [2.45, 2.75) is 33.7 Å². The maximum absolute atomic E-state index is 11.9. The zero-order chi connectivity index (χ0) is 12.9. The highest BCUT2D eigenvalue weighted by molar-refractivity contribution is 5.86. The molecule has 5 heteroatoms. The minimum atomic E-state index is -0.571. The lowest BCUT2D eigenvalue weighted by Gasteiger charge is -2.27. The standard InChI is InChI=1S/C11H23N3O2/c1-7(2)5-14(6-9(12)15)11(16)10(13)8(3)4/h7-8,10H,5-6,13H2,1-4H3,(H2,12,15). The number of hydrogen-bond donors (Lipinski definition) is 2. The molecule has 16 heavy (non-hydrogen) atoms. The summed E-state index contributed by atoms with van der Waals surface area (Å²) in [6, 6.07) is -0.571. The summed E-state index contributed by atoms with van der Waals surface area (Å²) >= 11 is 0. The average molecular weight is 229 g/mol. The molecule has 0 saturated carbocycles. The van der Waals surface area contributed by atoms with Crippen molar-refractivity contribution < 1.29 is 9.59 Å². The van der Waals surface area contributed by atoms with Gasteiger partial charge in [0.15, 0.2) is 0 Å². The van der Waals surface area contributed by atoms with Crippen LogP contribution in [0.1, 0.15) is 27.7 Å². The zero-order valence-corrected chi connectivity index (χ0v) is 10.6. The van der Waals surface area contributed by atoms with E-state index in [1.807, 2.05) is 27.7 Å². The normalized spacial score (nSPS) is 12.9. The first kappa shape index (κ1) is 14.9. The summed E-state index contributed by atoms with van der Waals surface area (Å²) in [5, 5.41) is 0. The topological polar surface area (TPSA) is 89.4 Å². The minimum Gasteiger partial charge on any atom is -0.368 e. The Balaban J connectivity index is 4.61. The molecule has 0 heterocycles. The largest absolute Gasteiger partial charge is 0.368 e. The molecule has 0 aromatic rings. The number of carbonyl (C=O) groups is 2. The fourth-order valence-corrected chi connectivity index (χ4v) is 1.36. The molecule has 0 fully saturated rings. The lowest BCUT2D eigenvalue weighted by atomic mass is 10.0. The van der Waals surface area contributed by atoms with Crippen molar-refractivity contribution in [3.05, 3.63) is 0 Å². The van der Waals surface area contributed by atoms with Gasteiger partial charge in [0.25, 0.3) is 0 Å². The smallest absolute Gasteiger partial charge is 0.240 e. The molecule has 0 rings (SSSR count). The summed E-state index contributed by atoms with van der Waals surface area (Å²) in [4.78, 5) is 24.3. The number of rotatable bonds is 6. The maximum atomic E-state index is 11.9. The van der Waals surface area contributed by atoms with Crippen LogP contribution in [0.2, 0.25) is 0 Å². The summed E-state index contributed by atoms with van der Waals surface area (Å²) in [6.45, 7) is 8.14. The van der Waals surface area contributed by atoms with E-state index in [0.717, 1.165) is 0 Å². The molecule has 0 aromatic heterocycles. The number of primary amides is 1. The number of amides is 2. The van der Waals surface area contributed by atoms with Crippen LogP contribution in [0.25, 0.3) is 0 Å². The van der Waals surface area contributed by atoms with Crippen molar-refractivity contribution in [1.82, 2.24) is 4.90 Å². The van der Waals surface area contributed by atoms with Crippen molar-refractivity contribution in [2.24, 2.45) is 23.3 Å². The van der Waals surface area contributed by atoms with Gasteiger partial charge >= 0.3 is 0 Å². The van der Waals surface area contributed by atoms with E-state index in [9.17, 15) is 9.59 Å². The molecule has 0 spiro atoms. The molecule has 5 nitrogen and oxygen atoms in total. The van der Waals surface area contributed by atoms with Crippen LogP contribution in [-0.2, 0) is 9.59 Å². The van der Waals surface area contributed by atoms with Gasteiger partial charge in [-0.15, -0.1) is 0 Å². The van der Waals surface area contributed by atoms with Crippen LogP contribution in [0.4, 0.5) is 0 Å². The van der Waals surface area contributed by atoms with Crippen LogP contribution in [-0.4, -0.2) is 35.8 Å². The van der Waals surface area contributed by atoms with E-state index in [0.29, 0.717) is 6.54 Å². The number of nitrogens with two attached hydrogens (primary N) is 2. The summed E-state index contributed by atoms with van der Waals surface area (Å²) in [7, 11) is 0. The van der Waals surface area contributed by atoms with Crippen LogP contribution in [0.3, 0.4) is 0 Å². The molecular weight excluding hydrogens is 206 g/mol. The van der Waals surface area contributed by atoms with Crippen LogP contribution in [0.15, 0.2) is 0 Å². The van der Waals surface area contributed by atoms with Gasteiger partial charge in [0, 0.05) is 6.54 Å². The molecule has 4 N–H and O–H groups in total. The second kappa shape index (κ2) is 6.48. The van der Waals surface area contributed by atoms with E-state index >= 15 is 0 Å². The Bertz CT molecular complexity index is 252. The fourth-order valence-electron chi connectivity index (χ4n) is 1.36. The second-order valence-electron chi connectivity index (χ2n) is 4.85. The quantitative estimate of drug-likeness (QED) is 0.668. The molecule has 0 aliphatic rings. The van der Waals surface area contributed by atoms with Crippen LogP contribution in [0, 0.1) is 11.8 Å². The minimum absolute atomic E-state index is 0.0510. The van der Waals surface area contributed by atoms with Crippen molar-refractivity contribution in [1.29, 1.82) is 0 Å². The predicted molar refractivity (Wildman–Crippen MR) is 63.4 cm³/mol. The van der Waals surface area contributed by atoms with Crippen LogP contribution in [0.5, 0.6) is 0 Å². The third kappa shape index (κ3) is 5.11. The Morgan fingerprint density at radius 3 is 2.00 bits per heavy atom. The molecule has 0 aromatic carbocycles. The van der Waals surface area contributed by atoms with E-state index in [1.54, 1.807) is 0 Å². The summed E-state index contributed by atoms with van der Waals surface area (Å²) < 4.78 is 0. The molecule has 0 aliphatic heterocycles. The van der Waals surface area contributed by atoms with Gasteiger partial charge in [-0.3, -0.25) is 9.59 Å². The Kier molecular flexibility index (Phi) is 6.03. The van der Waals surface area contributed by atoms with Crippen molar-refractivity contribution in [3.8, 4) is 0 Å².